The highest BCUT2D eigenvalue weighted by Gasteiger charge is 2.39. The van der Waals surface area contributed by atoms with E-state index in [-0.39, 0.29) is 11.4 Å². The van der Waals surface area contributed by atoms with Gasteiger partial charge in [-0.3, -0.25) is 4.79 Å². The van der Waals surface area contributed by atoms with E-state index < -0.39 is 5.41 Å². The van der Waals surface area contributed by atoms with Gasteiger partial charge in [0.15, 0.2) is 0 Å². The van der Waals surface area contributed by atoms with Crippen molar-refractivity contribution in [1.29, 1.82) is 0 Å². The fourth-order valence-corrected chi connectivity index (χ4v) is 1.76. The van der Waals surface area contributed by atoms with Gasteiger partial charge < -0.3 is 5.32 Å². The van der Waals surface area contributed by atoms with Crippen molar-refractivity contribution in [1.82, 2.24) is 5.32 Å². The molecule has 1 saturated carbocycles. The summed E-state index contributed by atoms with van der Waals surface area (Å²) < 4.78 is 0. The maximum Gasteiger partial charge on any atom is 0.227 e. The molecule has 1 aliphatic rings. The third-order valence-corrected chi connectivity index (χ3v) is 3.98. The normalized spacial score (nSPS) is 20.0. The molecule has 0 spiro atoms. The number of carbonyl (C=O) groups is 1. The van der Waals surface area contributed by atoms with E-state index in [4.69, 9.17) is 11.6 Å². The highest BCUT2D eigenvalue weighted by molar-refractivity contribution is 6.19. The fourth-order valence-electron chi connectivity index (χ4n) is 1.64. The van der Waals surface area contributed by atoms with Crippen LogP contribution < -0.4 is 5.32 Å². The molecule has 14 heavy (non-hydrogen) atoms. The Morgan fingerprint density at radius 1 is 1.50 bits per heavy atom. The lowest BCUT2D eigenvalue weighted by Gasteiger charge is -2.43. The van der Waals surface area contributed by atoms with Gasteiger partial charge in [-0.15, -0.1) is 11.6 Å². The molecule has 0 aliphatic heterocycles. The van der Waals surface area contributed by atoms with Crippen LogP contribution in [0.15, 0.2) is 0 Å². The minimum Gasteiger partial charge on any atom is -0.350 e. The van der Waals surface area contributed by atoms with Crippen LogP contribution in [0.25, 0.3) is 0 Å². The maximum absolute atomic E-state index is 11.9. The van der Waals surface area contributed by atoms with Gasteiger partial charge in [-0.2, -0.15) is 0 Å². The highest BCUT2D eigenvalue weighted by atomic mass is 35.5. The molecule has 2 nitrogen and oxygen atoms in total. The van der Waals surface area contributed by atoms with Crippen molar-refractivity contribution >= 4 is 17.5 Å². The van der Waals surface area contributed by atoms with Crippen molar-refractivity contribution in [3.63, 3.8) is 0 Å². The van der Waals surface area contributed by atoms with E-state index in [0.717, 1.165) is 19.3 Å². The van der Waals surface area contributed by atoms with Gasteiger partial charge in [-0.1, -0.05) is 6.92 Å². The molecule has 3 heteroatoms. The standard InChI is InChI=1S/C11H20ClNO/c1-4-11(6-5-7-11)13-9(14)10(2,3)8-12/h4-8H2,1-3H3,(H,13,14). The maximum atomic E-state index is 11.9. The largest absolute Gasteiger partial charge is 0.350 e. The van der Waals surface area contributed by atoms with Crippen LogP contribution >= 0.6 is 11.6 Å². The fraction of sp³-hybridized carbons (Fsp3) is 0.909. The summed E-state index contributed by atoms with van der Waals surface area (Å²) in [6.45, 7) is 5.90. The van der Waals surface area contributed by atoms with Crippen LogP contribution in [0.2, 0.25) is 0 Å². The van der Waals surface area contributed by atoms with Gasteiger partial charge in [-0.25, -0.2) is 0 Å². The van der Waals surface area contributed by atoms with Gasteiger partial charge in [0.05, 0.1) is 5.41 Å². The van der Waals surface area contributed by atoms with Gasteiger partial charge in [0.2, 0.25) is 5.91 Å². The molecule has 0 aromatic rings. The number of carbonyl (C=O) groups excluding carboxylic acids is 1. The van der Waals surface area contributed by atoms with E-state index in [9.17, 15) is 4.79 Å². The van der Waals surface area contributed by atoms with Crippen molar-refractivity contribution in [3.05, 3.63) is 0 Å². The predicted molar refractivity (Wildman–Crippen MR) is 59.5 cm³/mol. The van der Waals surface area contributed by atoms with Crippen LogP contribution in [0.3, 0.4) is 0 Å². The van der Waals surface area contributed by atoms with Gasteiger partial charge in [0.1, 0.15) is 0 Å². The lowest BCUT2D eigenvalue weighted by Crippen LogP contribution is -2.56. The van der Waals surface area contributed by atoms with Crippen molar-refractivity contribution in [2.45, 2.75) is 52.0 Å². The second-order valence-electron chi connectivity index (χ2n) is 4.96. The summed E-state index contributed by atoms with van der Waals surface area (Å²) in [5.41, 5.74) is -0.361. The van der Waals surface area contributed by atoms with E-state index in [1.165, 1.54) is 6.42 Å². The van der Waals surface area contributed by atoms with Crippen molar-refractivity contribution in [3.8, 4) is 0 Å². The number of halogens is 1. The molecule has 0 unspecified atom stereocenters. The Balaban J connectivity index is 2.55. The van der Waals surface area contributed by atoms with E-state index in [0.29, 0.717) is 5.88 Å². The third-order valence-electron chi connectivity index (χ3n) is 3.31. The summed E-state index contributed by atoms with van der Waals surface area (Å²) in [6.07, 6.45) is 4.49. The summed E-state index contributed by atoms with van der Waals surface area (Å²) in [5.74, 6) is 0.465. The highest BCUT2D eigenvalue weighted by Crippen LogP contribution is 2.35. The zero-order chi connectivity index (χ0) is 10.8. The lowest BCUT2D eigenvalue weighted by atomic mass is 9.74. The number of alkyl halides is 1. The Labute approximate surface area is 91.4 Å². The Bertz CT molecular complexity index is 216. The first-order valence-electron chi connectivity index (χ1n) is 5.34. The summed E-state index contributed by atoms with van der Waals surface area (Å²) in [6, 6.07) is 0. The Hall–Kier alpha value is -0.240. The molecule has 0 atom stereocenters. The molecule has 0 heterocycles. The summed E-state index contributed by atoms with van der Waals surface area (Å²) in [7, 11) is 0. The van der Waals surface area contributed by atoms with Gasteiger partial charge >= 0.3 is 0 Å². The Kier molecular flexibility index (Phi) is 3.46. The second-order valence-corrected chi connectivity index (χ2v) is 5.23. The number of hydrogen-bond donors (Lipinski definition) is 1. The molecule has 1 rings (SSSR count). The molecular formula is C11H20ClNO. The van der Waals surface area contributed by atoms with Crippen LogP contribution in [0, 0.1) is 5.41 Å². The zero-order valence-electron chi connectivity index (χ0n) is 9.32. The molecule has 0 bridgehead atoms. The molecule has 0 radical (unpaired) electrons. The van der Waals surface area contributed by atoms with Crippen LogP contribution in [-0.4, -0.2) is 17.3 Å². The molecule has 0 aromatic carbocycles. The summed E-state index contributed by atoms with van der Waals surface area (Å²) in [5, 5.41) is 3.15. The van der Waals surface area contributed by atoms with Crippen molar-refractivity contribution < 1.29 is 4.79 Å². The van der Waals surface area contributed by atoms with Crippen LogP contribution in [0.1, 0.15) is 46.5 Å². The monoisotopic (exact) mass is 217 g/mol. The number of rotatable bonds is 4. The molecule has 82 valence electrons. The molecule has 1 amide bonds. The minimum atomic E-state index is -0.445. The number of amides is 1. The number of hydrogen-bond acceptors (Lipinski definition) is 1. The minimum absolute atomic E-state index is 0.0837. The quantitative estimate of drug-likeness (QED) is 0.721. The van der Waals surface area contributed by atoms with Crippen LogP contribution in [0.4, 0.5) is 0 Å². The molecule has 0 aromatic heterocycles. The first-order chi connectivity index (χ1) is 6.46. The molecule has 1 N–H and O–H groups in total. The SMILES string of the molecule is CCC1(NC(=O)C(C)(C)CCl)CCC1. The Morgan fingerprint density at radius 3 is 2.36 bits per heavy atom. The van der Waals surface area contributed by atoms with Crippen molar-refractivity contribution in [2.75, 3.05) is 5.88 Å². The molecule has 0 saturated heterocycles. The smallest absolute Gasteiger partial charge is 0.227 e. The topological polar surface area (TPSA) is 29.1 Å². The average Bonchev–Trinajstić information content (AvgIpc) is 2.10. The Morgan fingerprint density at radius 2 is 2.07 bits per heavy atom. The first-order valence-corrected chi connectivity index (χ1v) is 5.88. The van der Waals surface area contributed by atoms with E-state index in [1.807, 2.05) is 13.8 Å². The van der Waals surface area contributed by atoms with Gasteiger partial charge in [0.25, 0.3) is 0 Å². The molecule has 1 fully saturated rings. The summed E-state index contributed by atoms with van der Waals surface area (Å²) in [4.78, 5) is 11.9. The van der Waals surface area contributed by atoms with Crippen molar-refractivity contribution in [2.24, 2.45) is 5.41 Å². The van der Waals surface area contributed by atoms with E-state index in [1.54, 1.807) is 0 Å². The molecule has 1 aliphatic carbocycles. The third kappa shape index (κ3) is 2.22. The average molecular weight is 218 g/mol. The van der Waals surface area contributed by atoms with Crippen LogP contribution in [-0.2, 0) is 4.79 Å². The second kappa shape index (κ2) is 4.09. The van der Waals surface area contributed by atoms with Gasteiger partial charge in [-0.05, 0) is 39.5 Å². The van der Waals surface area contributed by atoms with E-state index >= 15 is 0 Å². The zero-order valence-corrected chi connectivity index (χ0v) is 10.1. The van der Waals surface area contributed by atoms with E-state index in [2.05, 4.69) is 12.2 Å². The lowest BCUT2D eigenvalue weighted by molar-refractivity contribution is -0.131. The van der Waals surface area contributed by atoms with Gasteiger partial charge in [0, 0.05) is 11.4 Å². The van der Waals surface area contributed by atoms with Crippen LogP contribution in [0.5, 0.6) is 0 Å². The molecular weight excluding hydrogens is 198 g/mol. The predicted octanol–water partition coefficient (Wildman–Crippen LogP) is 2.70. The summed E-state index contributed by atoms with van der Waals surface area (Å²) >= 11 is 5.76. The number of nitrogens with one attached hydrogen (secondary N) is 1. The first kappa shape index (κ1) is 11.8.